The van der Waals surface area contributed by atoms with Crippen LogP contribution in [0.3, 0.4) is 0 Å². The molecule has 0 bridgehead atoms. The second-order valence-corrected chi connectivity index (χ2v) is 7.66. The number of hydrogen-bond acceptors (Lipinski definition) is 5. The monoisotopic (exact) mass is 346 g/mol. The highest BCUT2D eigenvalue weighted by Gasteiger charge is 2.40. The molecule has 1 aromatic rings. The van der Waals surface area contributed by atoms with Gasteiger partial charge < -0.3 is 9.47 Å². The number of aromatic nitrogens is 1. The number of pyridine rings is 1. The molecule has 3 rings (SSSR count). The SMILES string of the molecule is CC(C)(C)OC(=O)N1CCOCC1C(=O)C1CCCc2cccnc21. The van der Waals surface area contributed by atoms with E-state index in [4.69, 9.17) is 9.47 Å². The van der Waals surface area contributed by atoms with Crippen molar-refractivity contribution in [3.8, 4) is 0 Å². The third-order valence-electron chi connectivity index (χ3n) is 4.62. The van der Waals surface area contributed by atoms with E-state index in [0.717, 1.165) is 30.5 Å². The Balaban J connectivity index is 1.81. The molecule has 1 aliphatic heterocycles. The molecule has 2 unspecified atom stereocenters. The minimum Gasteiger partial charge on any atom is -0.444 e. The molecule has 2 heterocycles. The predicted molar refractivity (Wildman–Crippen MR) is 92.5 cm³/mol. The Hall–Kier alpha value is -1.95. The summed E-state index contributed by atoms with van der Waals surface area (Å²) in [5.74, 6) is -0.271. The van der Waals surface area contributed by atoms with Crippen molar-refractivity contribution in [1.82, 2.24) is 9.88 Å². The second-order valence-electron chi connectivity index (χ2n) is 7.66. The molecule has 136 valence electrons. The number of ether oxygens (including phenoxy) is 2. The smallest absolute Gasteiger partial charge is 0.411 e. The van der Waals surface area contributed by atoms with Crippen LogP contribution in [0.25, 0.3) is 0 Å². The van der Waals surface area contributed by atoms with Crippen LogP contribution in [0.4, 0.5) is 4.79 Å². The van der Waals surface area contributed by atoms with Crippen LogP contribution >= 0.6 is 0 Å². The second kappa shape index (κ2) is 7.12. The van der Waals surface area contributed by atoms with Gasteiger partial charge in [0.2, 0.25) is 0 Å². The van der Waals surface area contributed by atoms with Gasteiger partial charge >= 0.3 is 6.09 Å². The van der Waals surface area contributed by atoms with E-state index >= 15 is 0 Å². The number of Topliss-reactive ketones (excluding diaryl/α,β-unsaturated/α-hetero) is 1. The molecule has 25 heavy (non-hydrogen) atoms. The van der Waals surface area contributed by atoms with Crippen molar-refractivity contribution in [3.05, 3.63) is 29.6 Å². The van der Waals surface area contributed by atoms with E-state index in [1.807, 2.05) is 32.9 Å². The van der Waals surface area contributed by atoms with Gasteiger partial charge in [-0.3, -0.25) is 14.7 Å². The average molecular weight is 346 g/mol. The number of ketones is 1. The third kappa shape index (κ3) is 4.00. The number of hydrogen-bond donors (Lipinski definition) is 0. The Morgan fingerprint density at radius 3 is 2.92 bits per heavy atom. The highest BCUT2D eigenvalue weighted by atomic mass is 16.6. The number of rotatable bonds is 2. The van der Waals surface area contributed by atoms with Crippen LogP contribution in [-0.2, 0) is 20.7 Å². The molecule has 0 N–H and O–H groups in total. The fourth-order valence-corrected chi connectivity index (χ4v) is 3.50. The average Bonchev–Trinajstić information content (AvgIpc) is 2.59. The Bertz CT molecular complexity index is 653. The normalized spacial score (nSPS) is 23.7. The lowest BCUT2D eigenvalue weighted by molar-refractivity contribution is -0.132. The van der Waals surface area contributed by atoms with Crippen LogP contribution in [0.2, 0.25) is 0 Å². The fourth-order valence-electron chi connectivity index (χ4n) is 3.50. The summed E-state index contributed by atoms with van der Waals surface area (Å²) < 4.78 is 11.0. The fraction of sp³-hybridized carbons (Fsp3) is 0.632. The first-order chi connectivity index (χ1) is 11.9. The van der Waals surface area contributed by atoms with Gasteiger partial charge in [0.25, 0.3) is 0 Å². The van der Waals surface area contributed by atoms with Gasteiger partial charge in [-0.2, -0.15) is 0 Å². The number of amides is 1. The standard InChI is InChI=1S/C19H26N2O4/c1-19(2,3)25-18(23)21-10-11-24-12-15(21)17(22)14-8-4-6-13-7-5-9-20-16(13)14/h5,7,9,14-15H,4,6,8,10-12H2,1-3H3. The molecular weight excluding hydrogens is 320 g/mol. The van der Waals surface area contributed by atoms with Gasteiger partial charge in [-0.25, -0.2) is 4.79 Å². The first-order valence-corrected chi connectivity index (χ1v) is 8.92. The van der Waals surface area contributed by atoms with Crippen molar-refractivity contribution in [2.75, 3.05) is 19.8 Å². The molecule has 1 aromatic heterocycles. The third-order valence-corrected chi connectivity index (χ3v) is 4.62. The summed E-state index contributed by atoms with van der Waals surface area (Å²) in [5, 5.41) is 0. The van der Waals surface area contributed by atoms with E-state index in [1.54, 1.807) is 6.20 Å². The molecule has 0 radical (unpaired) electrons. The minimum absolute atomic E-state index is 0.00482. The molecule has 0 aromatic carbocycles. The van der Waals surface area contributed by atoms with E-state index in [-0.39, 0.29) is 18.3 Å². The Morgan fingerprint density at radius 1 is 1.36 bits per heavy atom. The minimum atomic E-state index is -0.610. The zero-order valence-corrected chi connectivity index (χ0v) is 15.2. The predicted octanol–water partition coefficient (Wildman–Crippen LogP) is 2.71. The molecule has 2 atom stereocenters. The Kier molecular flexibility index (Phi) is 5.08. The highest BCUT2D eigenvalue weighted by molar-refractivity contribution is 5.93. The van der Waals surface area contributed by atoms with Gasteiger partial charge in [0.15, 0.2) is 5.78 Å². The lowest BCUT2D eigenvalue weighted by Gasteiger charge is -2.37. The first-order valence-electron chi connectivity index (χ1n) is 8.92. The van der Waals surface area contributed by atoms with Crippen molar-refractivity contribution >= 4 is 11.9 Å². The summed E-state index contributed by atoms with van der Waals surface area (Å²) in [5.41, 5.74) is 1.39. The number of nitrogens with zero attached hydrogens (tertiary/aromatic N) is 2. The quantitative estimate of drug-likeness (QED) is 0.823. The van der Waals surface area contributed by atoms with Crippen molar-refractivity contribution in [3.63, 3.8) is 0 Å². The number of aryl methyl sites for hydroxylation is 1. The number of morpholine rings is 1. The van der Waals surface area contributed by atoms with Crippen LogP contribution in [0.1, 0.15) is 50.8 Å². The maximum atomic E-state index is 13.2. The molecule has 1 saturated heterocycles. The van der Waals surface area contributed by atoms with E-state index in [2.05, 4.69) is 4.98 Å². The summed E-state index contributed by atoms with van der Waals surface area (Å²) in [6.45, 7) is 6.48. The molecule has 1 fully saturated rings. The van der Waals surface area contributed by atoms with E-state index < -0.39 is 17.7 Å². The van der Waals surface area contributed by atoms with Gasteiger partial charge in [0.1, 0.15) is 11.6 Å². The number of carbonyl (C=O) groups excluding carboxylic acids is 2. The number of carbonyl (C=O) groups is 2. The van der Waals surface area contributed by atoms with Crippen molar-refractivity contribution < 1.29 is 19.1 Å². The first kappa shape index (κ1) is 17.9. The van der Waals surface area contributed by atoms with Gasteiger partial charge in [-0.1, -0.05) is 6.07 Å². The van der Waals surface area contributed by atoms with Gasteiger partial charge in [-0.15, -0.1) is 0 Å². The van der Waals surface area contributed by atoms with Crippen molar-refractivity contribution in [1.29, 1.82) is 0 Å². The summed E-state index contributed by atoms with van der Waals surface area (Å²) in [6.07, 6.45) is 3.94. The Morgan fingerprint density at radius 2 is 2.16 bits per heavy atom. The molecule has 6 nitrogen and oxygen atoms in total. The number of fused-ring (bicyclic) bond motifs is 1. The molecule has 6 heteroatoms. The lowest BCUT2D eigenvalue weighted by Crippen LogP contribution is -2.55. The van der Waals surface area contributed by atoms with Crippen molar-refractivity contribution in [2.45, 2.75) is 57.6 Å². The summed E-state index contributed by atoms with van der Waals surface area (Å²) in [7, 11) is 0. The van der Waals surface area contributed by atoms with Crippen molar-refractivity contribution in [2.24, 2.45) is 0 Å². The highest BCUT2D eigenvalue weighted by Crippen LogP contribution is 2.32. The largest absolute Gasteiger partial charge is 0.444 e. The summed E-state index contributed by atoms with van der Waals surface area (Å²) in [4.78, 5) is 31.7. The zero-order valence-electron chi connectivity index (χ0n) is 15.2. The van der Waals surface area contributed by atoms with E-state index in [1.165, 1.54) is 4.90 Å². The molecular formula is C19H26N2O4. The van der Waals surface area contributed by atoms with E-state index in [0.29, 0.717) is 13.2 Å². The summed E-state index contributed by atoms with van der Waals surface area (Å²) >= 11 is 0. The molecule has 1 aliphatic carbocycles. The van der Waals surface area contributed by atoms with Crippen LogP contribution in [0, 0.1) is 0 Å². The maximum absolute atomic E-state index is 13.2. The maximum Gasteiger partial charge on any atom is 0.411 e. The van der Waals surface area contributed by atoms with Gasteiger partial charge in [-0.05, 0) is 51.7 Å². The van der Waals surface area contributed by atoms with Crippen LogP contribution in [-0.4, -0.2) is 53.2 Å². The van der Waals surface area contributed by atoms with Gasteiger partial charge in [0, 0.05) is 12.7 Å². The zero-order chi connectivity index (χ0) is 18.0. The van der Waals surface area contributed by atoms with Crippen LogP contribution < -0.4 is 0 Å². The molecule has 1 amide bonds. The molecule has 0 spiro atoms. The van der Waals surface area contributed by atoms with Crippen LogP contribution in [0.5, 0.6) is 0 Å². The van der Waals surface area contributed by atoms with E-state index in [9.17, 15) is 9.59 Å². The van der Waals surface area contributed by atoms with Crippen LogP contribution in [0.15, 0.2) is 18.3 Å². The lowest BCUT2D eigenvalue weighted by atomic mass is 9.81. The summed E-state index contributed by atoms with van der Waals surface area (Å²) in [6, 6.07) is 3.33. The molecule has 0 saturated carbocycles. The topological polar surface area (TPSA) is 68.7 Å². The van der Waals surface area contributed by atoms with Gasteiger partial charge in [0.05, 0.1) is 24.8 Å². The Labute approximate surface area is 148 Å². The molecule has 2 aliphatic rings.